The summed E-state index contributed by atoms with van der Waals surface area (Å²) in [5.41, 5.74) is 15.9. The van der Waals surface area contributed by atoms with E-state index in [1.165, 1.54) is 0 Å². The number of rotatable bonds is 24. The van der Waals surface area contributed by atoms with Crippen molar-refractivity contribution in [1.82, 2.24) is 30.4 Å². The van der Waals surface area contributed by atoms with Crippen molar-refractivity contribution in [3.8, 4) is 0 Å². The van der Waals surface area contributed by atoms with E-state index in [2.05, 4.69) is 99.2 Å². The number of benzene rings is 8. The Morgan fingerprint density at radius 3 is 1.05 bits per heavy atom. The van der Waals surface area contributed by atoms with Crippen LogP contribution in [0.15, 0.2) is 248 Å². The number of aromatic nitrogens is 2. The lowest BCUT2D eigenvalue weighted by atomic mass is 9.71. The molecule has 8 aromatic carbocycles. The number of carbonyl (C=O) groups excluding carboxylic acids is 8. The number of ether oxygens (including phenoxy) is 4. The van der Waals surface area contributed by atoms with Gasteiger partial charge in [0.25, 0.3) is 23.6 Å². The van der Waals surface area contributed by atoms with Crippen molar-refractivity contribution < 1.29 is 57.3 Å². The second kappa shape index (κ2) is 29.2. The van der Waals surface area contributed by atoms with Gasteiger partial charge in [-0.15, -0.1) is 0 Å². The molecule has 4 amide bonds. The van der Waals surface area contributed by atoms with Gasteiger partial charge in [0.1, 0.15) is 26.4 Å². The summed E-state index contributed by atoms with van der Waals surface area (Å²) in [6.07, 6.45) is 0.256. The smallest absolute Gasteiger partial charge is 0.333 e. The minimum Gasteiger partial charge on any atom is -0.460 e. The molecular weight excluding hydrogens is 1380 g/mol. The van der Waals surface area contributed by atoms with Gasteiger partial charge in [-0.1, -0.05) is 172 Å². The summed E-state index contributed by atoms with van der Waals surface area (Å²) in [6.45, 7) is 20.8. The molecule has 10 aromatic rings. The van der Waals surface area contributed by atoms with Crippen molar-refractivity contribution in [1.29, 1.82) is 5.41 Å². The number of carbonyl (C=O) groups is 8. The van der Waals surface area contributed by atoms with E-state index < -0.39 is 35.4 Å². The van der Waals surface area contributed by atoms with Crippen molar-refractivity contribution >= 4 is 114 Å². The zero-order valence-corrected chi connectivity index (χ0v) is 61.0. The molecule has 2 aromatic heterocycles. The van der Waals surface area contributed by atoms with Crippen molar-refractivity contribution in [2.45, 2.75) is 39.8 Å². The number of amides is 4. The summed E-state index contributed by atoms with van der Waals surface area (Å²) >= 11 is 0. The number of nitrogens with one attached hydrogen (secondary N) is 5. The van der Waals surface area contributed by atoms with Crippen LogP contribution in [0.2, 0.25) is 0 Å². The first kappa shape index (κ1) is 71.8. The molecule has 6 heterocycles. The van der Waals surface area contributed by atoms with E-state index in [1.54, 1.807) is 76.2 Å². The maximum absolute atomic E-state index is 14.2. The highest BCUT2D eigenvalue weighted by Gasteiger charge is 2.58. The highest BCUT2D eigenvalue weighted by atomic mass is 16.5. The Bertz CT molecular complexity index is 6000. The molecule has 1 unspecified atom stereocenters. The molecule has 0 saturated carbocycles. The van der Waals surface area contributed by atoms with Gasteiger partial charge in [0.15, 0.2) is 5.66 Å². The molecule has 1 spiro atoms. The Kier molecular flexibility index (Phi) is 19.0. The lowest BCUT2D eigenvalue weighted by molar-refractivity contribution is -0.139. The van der Waals surface area contributed by atoms with E-state index >= 15 is 0 Å². The van der Waals surface area contributed by atoms with Crippen LogP contribution in [0.4, 0.5) is 0 Å². The first-order valence-electron chi connectivity index (χ1n) is 36.1. The van der Waals surface area contributed by atoms with Gasteiger partial charge in [-0.05, 0) is 121 Å². The average Bonchev–Trinajstić information content (AvgIpc) is 1.46. The van der Waals surface area contributed by atoms with Gasteiger partial charge < -0.3 is 49.3 Å². The zero-order chi connectivity index (χ0) is 77.0. The summed E-state index contributed by atoms with van der Waals surface area (Å²) in [5, 5.41) is 27.9. The Balaban J connectivity index is 1.04. The summed E-state index contributed by atoms with van der Waals surface area (Å²) in [7, 11) is 0. The molecule has 19 nitrogen and oxygen atoms in total. The molecule has 0 saturated heterocycles. The minimum atomic E-state index is -1.34. The van der Waals surface area contributed by atoms with E-state index in [4.69, 9.17) is 18.9 Å². The maximum atomic E-state index is 14.2. The lowest BCUT2D eigenvalue weighted by Crippen LogP contribution is -2.58. The predicted octanol–water partition coefficient (Wildman–Crippen LogP) is 12.1. The van der Waals surface area contributed by atoms with Crippen molar-refractivity contribution in [2.75, 3.05) is 52.6 Å². The molecule has 0 fully saturated rings. The molecule has 4 aliphatic heterocycles. The fourth-order valence-electron chi connectivity index (χ4n) is 15.6. The highest BCUT2D eigenvalue weighted by Crippen LogP contribution is 2.66. The van der Waals surface area contributed by atoms with Crippen LogP contribution in [0, 0.1) is 5.41 Å². The fourth-order valence-corrected chi connectivity index (χ4v) is 15.6. The van der Waals surface area contributed by atoms with Crippen LogP contribution in [0.25, 0.3) is 60.6 Å². The van der Waals surface area contributed by atoms with Crippen LogP contribution in [-0.2, 0) is 43.8 Å². The molecule has 0 radical (unpaired) electrons. The largest absolute Gasteiger partial charge is 0.460 e. The number of nitrogens with zero attached hydrogens (tertiary/aromatic N) is 2. The van der Waals surface area contributed by atoms with E-state index in [1.807, 2.05) is 103 Å². The standard InChI is InChI=1S/C91H75N7O12/c1-50(2)87(103)107-45-41-93-83(99)58-33-25-54(26-34-58)71-70-49-91-77-75(72(80-67-22-14-13-21-66(67)79(71)97(80)91)55-27-35-59(36-28-55)84(100)94-42-46-108-88(104)51(3)4)63-18-10-11-19-64(63)76(77)73(56-29-37-60(38-30-56)85(101)95-43-47-109-89(105)52(5)6)81-68-23-15-16-24-69(68)82(98(81)91)74(78(92)65-20-12-9-17-62(65)70)57-31-39-61(40-32-57)86(102)96-44-48-110-90(106)53(7)8/h9-40,92H,1,3,5,7,41-49H2,2,4,6,8H3,(H,93,99)(H,94,100)(H,95,101)(H,96,102)/b82-74-,92-78?. The average molecular weight is 1460 g/mol. The van der Waals surface area contributed by atoms with Crippen molar-refractivity contribution in [3.05, 3.63) is 337 Å². The molecule has 15 rings (SSSR count). The van der Waals surface area contributed by atoms with E-state index in [9.17, 15) is 43.8 Å². The monoisotopic (exact) mass is 1460 g/mol. The Morgan fingerprint density at radius 1 is 0.355 bits per heavy atom. The van der Waals surface area contributed by atoms with Crippen LogP contribution in [-0.4, -0.2) is 115 Å². The number of hydrogen-bond donors (Lipinski definition) is 5. The van der Waals surface area contributed by atoms with Crippen LogP contribution >= 0.6 is 0 Å². The second-order valence-electron chi connectivity index (χ2n) is 27.7. The number of esters is 4. The molecule has 546 valence electrons. The molecule has 5 N–H and O–H groups in total. The molecule has 110 heavy (non-hydrogen) atoms. The maximum Gasteiger partial charge on any atom is 0.333 e. The second-order valence-corrected chi connectivity index (χ2v) is 27.7. The molecule has 1 atom stereocenters. The lowest BCUT2D eigenvalue weighted by Gasteiger charge is -2.51. The normalized spacial score (nSPS) is 15.1. The van der Waals surface area contributed by atoms with Gasteiger partial charge in [-0.25, -0.2) is 19.2 Å². The first-order valence-corrected chi connectivity index (χ1v) is 36.1. The number of hydrogen-bond acceptors (Lipinski definition) is 13. The fraction of sp³-hybridized carbons (Fsp3) is 0.154. The quantitative estimate of drug-likeness (QED) is 0.0164. The summed E-state index contributed by atoms with van der Waals surface area (Å²) in [5.74, 6) is -3.80. The third-order valence-corrected chi connectivity index (χ3v) is 20.4. The van der Waals surface area contributed by atoms with Gasteiger partial charge in [0.05, 0.1) is 54.0 Å². The van der Waals surface area contributed by atoms with Gasteiger partial charge in [-0.2, -0.15) is 0 Å². The van der Waals surface area contributed by atoms with E-state index in [-0.39, 0.29) is 105 Å². The predicted molar refractivity (Wildman–Crippen MR) is 423 cm³/mol. The zero-order valence-electron chi connectivity index (χ0n) is 61.0. The SMILES string of the molecule is C=C(C)C(=O)OCCNC(=O)c1ccc(C2=C3CC45C6=C(C(c7ccc(C(=O)NCCOC(=O)C(=C)C)cc7)=c7c8ccccc8/c(n74)=C(\c4ccc(C(=O)NCCOC(=O)C(=C)C)cc4)C(=N)c4ccccc43)c3ccccc3C6=C(c3ccc(C(=O)NCCOC(=O)C(=C)C)cc3)c3c4ccccc4c2n35)cc1. The van der Waals surface area contributed by atoms with Gasteiger partial charge in [-0.3, -0.25) is 24.6 Å². The van der Waals surface area contributed by atoms with E-state index in [0.29, 0.717) is 44.3 Å². The Hall–Kier alpha value is -13.8. The third kappa shape index (κ3) is 12.4. The summed E-state index contributed by atoms with van der Waals surface area (Å²) < 4.78 is 26.3. The van der Waals surface area contributed by atoms with Crippen LogP contribution in [0.3, 0.4) is 0 Å². The molecular formula is C91H75N7O12. The molecule has 19 heteroatoms. The van der Waals surface area contributed by atoms with Gasteiger partial charge in [0, 0.05) is 117 Å². The molecule has 5 aliphatic rings. The number of fused-ring (bicyclic) bond motifs is 12. The molecule has 2 bridgehead atoms. The highest BCUT2D eigenvalue weighted by molar-refractivity contribution is 6.34. The van der Waals surface area contributed by atoms with Gasteiger partial charge >= 0.3 is 23.9 Å². The third-order valence-electron chi connectivity index (χ3n) is 20.4. The molecule has 1 aliphatic carbocycles. The summed E-state index contributed by atoms with van der Waals surface area (Å²) in [4.78, 5) is 106. The van der Waals surface area contributed by atoms with Crippen LogP contribution in [0.1, 0.15) is 131 Å². The van der Waals surface area contributed by atoms with Crippen molar-refractivity contribution in [3.63, 3.8) is 0 Å². The van der Waals surface area contributed by atoms with Crippen molar-refractivity contribution in [2.24, 2.45) is 0 Å². The van der Waals surface area contributed by atoms with Crippen LogP contribution in [0.5, 0.6) is 0 Å². The minimum absolute atomic E-state index is 0.0402. The topological polar surface area (TPSA) is 255 Å². The Morgan fingerprint density at radius 2 is 0.664 bits per heavy atom. The first-order chi connectivity index (χ1) is 53.2. The Labute approximate surface area is 633 Å². The van der Waals surface area contributed by atoms with Gasteiger partial charge in [0.2, 0.25) is 0 Å². The van der Waals surface area contributed by atoms with E-state index in [0.717, 1.165) is 111 Å². The van der Waals surface area contributed by atoms with Crippen LogP contribution < -0.4 is 32.0 Å². The summed E-state index contributed by atoms with van der Waals surface area (Å²) in [6, 6.07) is 62.9. The number of allylic oxidation sites excluding steroid dienone is 4.